The molecule has 3 nitrogen and oxygen atoms in total. The van der Waals surface area contributed by atoms with Crippen LogP contribution in [0.1, 0.15) is 61.0 Å². The van der Waals surface area contributed by atoms with Gasteiger partial charge in [0, 0.05) is 29.3 Å². The third kappa shape index (κ3) is 3.72. The van der Waals surface area contributed by atoms with Crippen molar-refractivity contribution in [2.24, 2.45) is 0 Å². The lowest BCUT2D eigenvalue weighted by Crippen LogP contribution is -2.16. The molecule has 3 aromatic rings. The van der Waals surface area contributed by atoms with Crippen LogP contribution < -0.4 is 5.32 Å². The second-order valence-electron chi connectivity index (χ2n) is 7.22. The van der Waals surface area contributed by atoms with Gasteiger partial charge in [0.25, 0.3) is 5.91 Å². The Balaban J connectivity index is 1.95. The summed E-state index contributed by atoms with van der Waals surface area (Å²) in [4.78, 5) is 13.0. The normalized spacial score (nSPS) is 11.2. The van der Waals surface area contributed by atoms with E-state index < -0.39 is 0 Å². The fraction of sp³-hybridized carbons (Fsp3) is 0.261. The highest BCUT2D eigenvalue weighted by Gasteiger charge is 2.17. The summed E-state index contributed by atoms with van der Waals surface area (Å²) in [6, 6.07) is 17.9. The lowest BCUT2D eigenvalue weighted by atomic mass is 9.92. The minimum atomic E-state index is -0.0750. The fourth-order valence-corrected chi connectivity index (χ4v) is 3.20. The van der Waals surface area contributed by atoms with Crippen LogP contribution in [0.4, 0.5) is 5.69 Å². The Morgan fingerprint density at radius 3 is 2.00 bits per heavy atom. The molecule has 0 fully saturated rings. The van der Waals surface area contributed by atoms with Crippen LogP contribution >= 0.6 is 0 Å². The van der Waals surface area contributed by atoms with E-state index in [4.69, 9.17) is 0 Å². The molecular formula is C23H26N2O. The molecule has 2 aromatic carbocycles. The van der Waals surface area contributed by atoms with Crippen molar-refractivity contribution >= 4 is 11.6 Å². The number of para-hydroxylation sites is 1. The number of benzene rings is 2. The van der Waals surface area contributed by atoms with Crippen molar-refractivity contribution in [3.05, 3.63) is 83.7 Å². The number of nitrogens with one attached hydrogen (secondary N) is 1. The topological polar surface area (TPSA) is 34.0 Å². The molecule has 3 rings (SSSR count). The maximum Gasteiger partial charge on any atom is 0.255 e. The summed E-state index contributed by atoms with van der Waals surface area (Å²) in [6.07, 6.45) is 3.95. The van der Waals surface area contributed by atoms with Crippen LogP contribution in [0.3, 0.4) is 0 Å². The smallest absolute Gasteiger partial charge is 0.255 e. The number of rotatable bonds is 5. The summed E-state index contributed by atoms with van der Waals surface area (Å²) in [5, 5.41) is 3.18. The Bertz CT molecular complexity index is 866. The maximum absolute atomic E-state index is 13.0. The first-order chi connectivity index (χ1) is 12.5. The van der Waals surface area contributed by atoms with E-state index in [-0.39, 0.29) is 5.91 Å². The van der Waals surface area contributed by atoms with E-state index >= 15 is 0 Å². The predicted molar refractivity (Wildman–Crippen MR) is 108 cm³/mol. The first-order valence-electron chi connectivity index (χ1n) is 9.15. The Hall–Kier alpha value is -2.81. The first kappa shape index (κ1) is 18.0. The molecule has 0 spiro atoms. The molecule has 3 heteroatoms. The highest BCUT2D eigenvalue weighted by Crippen LogP contribution is 2.32. The summed E-state index contributed by atoms with van der Waals surface area (Å²) in [6.45, 7) is 8.62. The second-order valence-corrected chi connectivity index (χ2v) is 7.22. The Morgan fingerprint density at radius 1 is 0.846 bits per heavy atom. The van der Waals surface area contributed by atoms with Crippen LogP contribution in [0.5, 0.6) is 0 Å². The van der Waals surface area contributed by atoms with Gasteiger partial charge in [-0.3, -0.25) is 4.79 Å². The third-order valence-corrected chi connectivity index (χ3v) is 4.62. The summed E-state index contributed by atoms with van der Waals surface area (Å²) in [5.41, 5.74) is 4.93. The van der Waals surface area contributed by atoms with Gasteiger partial charge in [-0.05, 0) is 53.3 Å². The second kappa shape index (κ2) is 7.61. The van der Waals surface area contributed by atoms with E-state index in [1.807, 2.05) is 53.4 Å². The van der Waals surface area contributed by atoms with Crippen molar-refractivity contribution in [3.63, 3.8) is 0 Å². The Morgan fingerprint density at radius 2 is 1.42 bits per heavy atom. The van der Waals surface area contributed by atoms with Gasteiger partial charge in [0.05, 0.1) is 0 Å². The number of hydrogen-bond acceptors (Lipinski definition) is 1. The molecular weight excluding hydrogens is 320 g/mol. The van der Waals surface area contributed by atoms with E-state index in [0.717, 1.165) is 11.4 Å². The molecule has 0 aliphatic heterocycles. The van der Waals surface area contributed by atoms with Crippen LogP contribution in [-0.2, 0) is 0 Å². The average molecular weight is 346 g/mol. The molecule has 0 atom stereocenters. The van der Waals surface area contributed by atoms with Gasteiger partial charge >= 0.3 is 0 Å². The van der Waals surface area contributed by atoms with Crippen molar-refractivity contribution in [1.82, 2.24) is 4.57 Å². The Kier molecular flexibility index (Phi) is 5.27. The van der Waals surface area contributed by atoms with Crippen LogP contribution in [0.25, 0.3) is 5.69 Å². The zero-order valence-corrected chi connectivity index (χ0v) is 15.9. The minimum absolute atomic E-state index is 0.0750. The molecule has 1 N–H and O–H groups in total. The van der Waals surface area contributed by atoms with E-state index in [9.17, 15) is 4.79 Å². The number of carbonyl (C=O) groups excluding carboxylic acids is 1. The molecule has 0 saturated carbocycles. The van der Waals surface area contributed by atoms with Crippen molar-refractivity contribution in [3.8, 4) is 5.69 Å². The molecule has 0 radical (unpaired) electrons. The van der Waals surface area contributed by atoms with Crippen molar-refractivity contribution in [1.29, 1.82) is 0 Å². The van der Waals surface area contributed by atoms with Gasteiger partial charge in [-0.1, -0.05) is 52.0 Å². The predicted octanol–water partition coefficient (Wildman–Crippen LogP) is 5.98. The van der Waals surface area contributed by atoms with Gasteiger partial charge in [-0.15, -0.1) is 0 Å². The van der Waals surface area contributed by atoms with Crippen LogP contribution in [0.2, 0.25) is 0 Å². The number of aromatic nitrogens is 1. The molecule has 0 aliphatic carbocycles. The first-order valence-corrected chi connectivity index (χ1v) is 9.15. The average Bonchev–Trinajstić information content (AvgIpc) is 3.16. The van der Waals surface area contributed by atoms with Crippen molar-refractivity contribution < 1.29 is 4.79 Å². The lowest BCUT2D eigenvalue weighted by Gasteiger charge is -2.20. The highest BCUT2D eigenvalue weighted by atomic mass is 16.1. The zero-order valence-electron chi connectivity index (χ0n) is 15.9. The molecule has 1 amide bonds. The van der Waals surface area contributed by atoms with E-state index in [1.54, 1.807) is 0 Å². The maximum atomic E-state index is 13.0. The molecule has 1 aromatic heterocycles. The van der Waals surface area contributed by atoms with E-state index in [2.05, 4.69) is 51.2 Å². The molecule has 0 aliphatic rings. The molecule has 0 saturated heterocycles. The SMILES string of the molecule is CC(C)c1cccc(C(C)C)c1NC(=O)c1cccc(-n2cccc2)c1. The number of hydrogen-bond donors (Lipinski definition) is 1. The summed E-state index contributed by atoms with van der Waals surface area (Å²) >= 11 is 0. The lowest BCUT2D eigenvalue weighted by molar-refractivity contribution is 0.102. The number of carbonyl (C=O) groups is 1. The zero-order chi connectivity index (χ0) is 18.7. The minimum Gasteiger partial charge on any atom is -0.324 e. The number of amides is 1. The number of nitrogens with zero attached hydrogens (tertiary/aromatic N) is 1. The van der Waals surface area contributed by atoms with Gasteiger partial charge < -0.3 is 9.88 Å². The highest BCUT2D eigenvalue weighted by molar-refractivity contribution is 6.05. The summed E-state index contributed by atoms with van der Waals surface area (Å²) in [5.74, 6) is 0.611. The van der Waals surface area contributed by atoms with Crippen LogP contribution in [-0.4, -0.2) is 10.5 Å². The largest absolute Gasteiger partial charge is 0.324 e. The summed E-state index contributed by atoms with van der Waals surface area (Å²) < 4.78 is 2.00. The molecule has 1 heterocycles. The van der Waals surface area contributed by atoms with Gasteiger partial charge in [-0.2, -0.15) is 0 Å². The summed E-state index contributed by atoms with van der Waals surface area (Å²) in [7, 11) is 0. The standard InChI is InChI=1S/C23H26N2O/c1-16(2)20-11-8-12-21(17(3)4)22(20)24-23(26)18-9-7-10-19(15-18)25-13-5-6-14-25/h5-17H,1-4H3,(H,24,26). The van der Waals surface area contributed by atoms with Gasteiger partial charge in [0.1, 0.15) is 0 Å². The van der Waals surface area contributed by atoms with Gasteiger partial charge in [0.2, 0.25) is 0 Å². The fourth-order valence-electron chi connectivity index (χ4n) is 3.20. The monoisotopic (exact) mass is 346 g/mol. The van der Waals surface area contributed by atoms with Gasteiger partial charge in [0.15, 0.2) is 0 Å². The number of anilines is 1. The molecule has 0 unspecified atom stereocenters. The molecule has 134 valence electrons. The van der Waals surface area contributed by atoms with Crippen molar-refractivity contribution in [2.45, 2.75) is 39.5 Å². The Labute approximate surface area is 155 Å². The van der Waals surface area contributed by atoms with E-state index in [0.29, 0.717) is 17.4 Å². The van der Waals surface area contributed by atoms with Crippen molar-refractivity contribution in [2.75, 3.05) is 5.32 Å². The van der Waals surface area contributed by atoms with E-state index in [1.165, 1.54) is 11.1 Å². The molecule has 0 bridgehead atoms. The quantitative estimate of drug-likeness (QED) is 0.606. The van der Waals surface area contributed by atoms with Gasteiger partial charge in [-0.25, -0.2) is 0 Å². The van der Waals surface area contributed by atoms with Crippen LogP contribution in [0, 0.1) is 0 Å². The molecule has 26 heavy (non-hydrogen) atoms. The van der Waals surface area contributed by atoms with Crippen LogP contribution in [0.15, 0.2) is 67.0 Å². The third-order valence-electron chi connectivity index (χ3n) is 4.62.